The van der Waals surface area contributed by atoms with Crippen molar-refractivity contribution in [3.05, 3.63) is 48.7 Å². The zero-order valence-electron chi connectivity index (χ0n) is 8.13. The molecule has 1 aliphatic rings. The van der Waals surface area contributed by atoms with Crippen molar-refractivity contribution in [1.29, 1.82) is 0 Å². The predicted octanol–water partition coefficient (Wildman–Crippen LogP) is 3.28. The number of nitrogens with zero attached hydrogens (tertiary/aromatic N) is 2. The van der Waals surface area contributed by atoms with Crippen molar-refractivity contribution in [2.45, 2.75) is 4.90 Å². The smallest absolute Gasteiger partial charge is 0.147 e. The molecule has 1 aromatic heterocycles. The summed E-state index contributed by atoms with van der Waals surface area (Å²) in [4.78, 5) is 7.92. The average Bonchev–Trinajstić information content (AvgIpc) is 2.74. The van der Waals surface area contributed by atoms with E-state index in [-0.39, 0.29) is 0 Å². The highest BCUT2D eigenvalue weighted by Crippen LogP contribution is 2.40. The van der Waals surface area contributed by atoms with Crippen LogP contribution in [0.1, 0.15) is 0 Å². The normalized spacial score (nSPS) is 14.0. The van der Waals surface area contributed by atoms with E-state index in [9.17, 15) is 0 Å². The Bertz CT molecular complexity index is 470. The molecule has 0 fully saturated rings. The first-order chi connectivity index (χ1) is 7.45. The summed E-state index contributed by atoms with van der Waals surface area (Å²) in [6, 6.07) is 14.5. The molecule has 0 aliphatic carbocycles. The molecule has 3 heteroatoms. The molecule has 2 nitrogen and oxygen atoms in total. The molecule has 0 N–H and O–H groups in total. The van der Waals surface area contributed by atoms with Gasteiger partial charge in [-0.25, -0.2) is 4.98 Å². The van der Waals surface area contributed by atoms with E-state index >= 15 is 0 Å². The Morgan fingerprint density at radius 1 is 1.07 bits per heavy atom. The SMILES string of the molecule is c1ccc(N2CSc3cccnc32)cc1. The lowest BCUT2D eigenvalue weighted by atomic mass is 10.3. The van der Waals surface area contributed by atoms with Crippen LogP contribution in [0.15, 0.2) is 53.6 Å². The lowest BCUT2D eigenvalue weighted by Crippen LogP contribution is -2.12. The molecular formula is C12H10N2S. The highest BCUT2D eigenvalue weighted by molar-refractivity contribution is 7.99. The molecular weight excluding hydrogens is 204 g/mol. The number of thioether (sulfide) groups is 1. The van der Waals surface area contributed by atoms with Crippen LogP contribution in [0.4, 0.5) is 11.5 Å². The van der Waals surface area contributed by atoms with Gasteiger partial charge in [0.15, 0.2) is 0 Å². The number of pyridine rings is 1. The second kappa shape index (κ2) is 3.59. The number of benzene rings is 1. The monoisotopic (exact) mass is 214 g/mol. The molecule has 0 amide bonds. The molecule has 0 unspecified atom stereocenters. The number of para-hydroxylation sites is 1. The largest absolute Gasteiger partial charge is 0.315 e. The molecule has 3 rings (SSSR count). The van der Waals surface area contributed by atoms with Crippen molar-refractivity contribution in [3.63, 3.8) is 0 Å². The molecule has 0 spiro atoms. The van der Waals surface area contributed by atoms with Crippen molar-refractivity contribution < 1.29 is 0 Å². The summed E-state index contributed by atoms with van der Waals surface area (Å²) >= 11 is 1.83. The zero-order valence-corrected chi connectivity index (χ0v) is 8.95. The van der Waals surface area contributed by atoms with Crippen molar-refractivity contribution in [3.8, 4) is 0 Å². The Balaban J connectivity index is 2.05. The second-order valence-electron chi connectivity index (χ2n) is 3.36. The Labute approximate surface area is 93.0 Å². The number of hydrogen-bond acceptors (Lipinski definition) is 3. The van der Waals surface area contributed by atoms with Gasteiger partial charge in [0.05, 0.1) is 10.8 Å². The summed E-state index contributed by atoms with van der Waals surface area (Å²) in [5.74, 6) is 2.03. The topological polar surface area (TPSA) is 16.1 Å². The maximum absolute atomic E-state index is 4.42. The summed E-state index contributed by atoms with van der Waals surface area (Å²) in [6.07, 6.45) is 1.85. The molecule has 0 radical (unpaired) electrons. The Kier molecular flexibility index (Phi) is 2.10. The zero-order chi connectivity index (χ0) is 10.1. The molecule has 0 saturated heterocycles. The van der Waals surface area contributed by atoms with Crippen LogP contribution >= 0.6 is 11.8 Å². The molecule has 1 aliphatic heterocycles. The fraction of sp³-hybridized carbons (Fsp3) is 0.0833. The van der Waals surface area contributed by atoms with E-state index in [1.54, 1.807) is 0 Å². The number of anilines is 2. The van der Waals surface area contributed by atoms with E-state index < -0.39 is 0 Å². The van der Waals surface area contributed by atoms with Crippen LogP contribution in [0.25, 0.3) is 0 Å². The van der Waals surface area contributed by atoms with E-state index in [2.05, 4.69) is 40.2 Å². The summed E-state index contributed by atoms with van der Waals surface area (Å²) in [5, 5.41) is 0. The molecule has 0 saturated carbocycles. The maximum atomic E-state index is 4.42. The van der Waals surface area contributed by atoms with Gasteiger partial charge in [-0.1, -0.05) is 18.2 Å². The van der Waals surface area contributed by atoms with Gasteiger partial charge in [0.1, 0.15) is 5.82 Å². The highest BCUT2D eigenvalue weighted by Gasteiger charge is 2.21. The number of fused-ring (bicyclic) bond motifs is 1. The molecule has 0 atom stereocenters. The van der Waals surface area contributed by atoms with E-state index in [1.807, 2.05) is 30.1 Å². The second-order valence-corrected chi connectivity index (χ2v) is 4.35. The van der Waals surface area contributed by atoms with Crippen LogP contribution in [-0.4, -0.2) is 10.9 Å². The fourth-order valence-electron chi connectivity index (χ4n) is 1.70. The minimum absolute atomic E-state index is 0.955. The fourth-order valence-corrected chi connectivity index (χ4v) is 2.70. The van der Waals surface area contributed by atoms with Crippen LogP contribution in [0.2, 0.25) is 0 Å². The van der Waals surface area contributed by atoms with Gasteiger partial charge in [0.2, 0.25) is 0 Å². The van der Waals surface area contributed by atoms with Gasteiger partial charge in [-0.15, -0.1) is 11.8 Å². The van der Waals surface area contributed by atoms with Gasteiger partial charge in [0.25, 0.3) is 0 Å². The van der Waals surface area contributed by atoms with Crippen LogP contribution in [-0.2, 0) is 0 Å². The molecule has 2 heterocycles. The summed E-state index contributed by atoms with van der Waals surface area (Å²) in [6.45, 7) is 0. The molecule has 74 valence electrons. The Morgan fingerprint density at radius 2 is 1.93 bits per heavy atom. The van der Waals surface area contributed by atoms with Gasteiger partial charge in [-0.05, 0) is 24.3 Å². The third-order valence-corrected chi connectivity index (χ3v) is 3.44. The third kappa shape index (κ3) is 1.49. The van der Waals surface area contributed by atoms with Gasteiger partial charge < -0.3 is 4.90 Å². The predicted molar refractivity (Wildman–Crippen MR) is 63.5 cm³/mol. The van der Waals surface area contributed by atoms with E-state index in [1.165, 1.54) is 10.6 Å². The highest BCUT2D eigenvalue weighted by atomic mass is 32.2. The Morgan fingerprint density at radius 3 is 2.80 bits per heavy atom. The van der Waals surface area contributed by atoms with Crippen LogP contribution in [0, 0.1) is 0 Å². The molecule has 0 bridgehead atoms. The lowest BCUT2D eigenvalue weighted by Gasteiger charge is -2.16. The summed E-state index contributed by atoms with van der Waals surface area (Å²) in [7, 11) is 0. The minimum Gasteiger partial charge on any atom is -0.315 e. The summed E-state index contributed by atoms with van der Waals surface area (Å²) < 4.78 is 0. The number of hydrogen-bond donors (Lipinski definition) is 0. The third-order valence-electron chi connectivity index (χ3n) is 2.42. The molecule has 15 heavy (non-hydrogen) atoms. The minimum atomic E-state index is 0.955. The maximum Gasteiger partial charge on any atom is 0.147 e. The average molecular weight is 214 g/mol. The first-order valence-corrected chi connectivity index (χ1v) is 5.84. The first-order valence-electron chi connectivity index (χ1n) is 4.85. The lowest BCUT2D eigenvalue weighted by molar-refractivity contribution is 1.09. The summed E-state index contributed by atoms with van der Waals surface area (Å²) in [5.41, 5.74) is 1.21. The molecule has 2 aromatic rings. The van der Waals surface area contributed by atoms with Gasteiger partial charge >= 0.3 is 0 Å². The van der Waals surface area contributed by atoms with E-state index in [0.29, 0.717) is 0 Å². The van der Waals surface area contributed by atoms with Crippen LogP contribution in [0.5, 0.6) is 0 Å². The Hall–Kier alpha value is -1.48. The van der Waals surface area contributed by atoms with Gasteiger partial charge in [0, 0.05) is 11.9 Å². The van der Waals surface area contributed by atoms with Crippen molar-refractivity contribution >= 4 is 23.3 Å². The van der Waals surface area contributed by atoms with E-state index in [0.717, 1.165) is 11.7 Å². The van der Waals surface area contributed by atoms with Gasteiger partial charge in [-0.2, -0.15) is 0 Å². The van der Waals surface area contributed by atoms with Crippen molar-refractivity contribution in [1.82, 2.24) is 4.98 Å². The van der Waals surface area contributed by atoms with E-state index in [4.69, 9.17) is 0 Å². The number of rotatable bonds is 1. The first kappa shape index (κ1) is 8.80. The van der Waals surface area contributed by atoms with Crippen LogP contribution in [0.3, 0.4) is 0 Å². The van der Waals surface area contributed by atoms with Crippen LogP contribution < -0.4 is 4.90 Å². The van der Waals surface area contributed by atoms with Gasteiger partial charge in [-0.3, -0.25) is 0 Å². The van der Waals surface area contributed by atoms with Crippen molar-refractivity contribution in [2.24, 2.45) is 0 Å². The standard InChI is InChI=1S/C12H10N2S/c1-2-5-10(6-3-1)14-9-15-11-7-4-8-13-12(11)14/h1-8H,9H2. The quantitative estimate of drug-likeness (QED) is 0.724. The number of aromatic nitrogens is 1. The van der Waals surface area contributed by atoms with Crippen molar-refractivity contribution in [2.75, 3.05) is 10.8 Å². The molecule has 1 aromatic carbocycles.